The van der Waals surface area contributed by atoms with E-state index in [1.807, 2.05) is 30.4 Å². The topological polar surface area (TPSA) is 12.0 Å². The molecule has 0 bridgehead atoms. The predicted octanol–water partition coefficient (Wildman–Crippen LogP) is 4.50. The third-order valence-corrected chi connectivity index (χ3v) is 3.20. The van der Waals surface area contributed by atoms with Crippen LogP contribution in [0.15, 0.2) is 48.0 Å². The van der Waals surface area contributed by atoms with Crippen molar-refractivity contribution < 1.29 is 0 Å². The maximum Gasteiger partial charge on any atom is 0.0410 e. The van der Waals surface area contributed by atoms with Gasteiger partial charge in [0.15, 0.2) is 0 Å². The lowest BCUT2D eigenvalue weighted by Gasteiger charge is -2.18. The fourth-order valence-corrected chi connectivity index (χ4v) is 2.20. The van der Waals surface area contributed by atoms with Gasteiger partial charge in [-0.2, -0.15) is 0 Å². The highest BCUT2D eigenvalue weighted by molar-refractivity contribution is 9.10. The lowest BCUT2D eigenvalue weighted by atomic mass is 10.0. The number of nitrogens with one attached hydrogen (secondary N) is 1. The zero-order chi connectivity index (χ0) is 12.0. The average molecular weight is 301 g/mol. The molecule has 0 aliphatic rings. The van der Waals surface area contributed by atoms with Gasteiger partial charge >= 0.3 is 0 Å². The zero-order valence-electron chi connectivity index (χ0n) is 9.05. The summed E-state index contributed by atoms with van der Waals surface area (Å²) in [7, 11) is 0. The molecule has 0 saturated carbocycles. The molecule has 0 aliphatic carbocycles. The minimum absolute atomic E-state index is 0.212. The summed E-state index contributed by atoms with van der Waals surface area (Å²) in [5.74, 6) is 0. The third kappa shape index (κ3) is 3.78. The van der Waals surface area contributed by atoms with Gasteiger partial charge in [-0.05, 0) is 30.2 Å². The van der Waals surface area contributed by atoms with Crippen molar-refractivity contribution in [2.45, 2.75) is 12.5 Å². The van der Waals surface area contributed by atoms with Crippen molar-refractivity contribution in [1.29, 1.82) is 0 Å². The molecule has 0 amide bonds. The van der Waals surface area contributed by atoms with E-state index < -0.39 is 0 Å². The highest BCUT2D eigenvalue weighted by atomic mass is 79.9. The summed E-state index contributed by atoms with van der Waals surface area (Å²) in [6.45, 7) is 8.23. The average Bonchev–Trinajstić information content (AvgIpc) is 2.28. The van der Waals surface area contributed by atoms with Crippen LogP contribution in [0.2, 0.25) is 5.02 Å². The highest BCUT2D eigenvalue weighted by Gasteiger charge is 2.12. The summed E-state index contributed by atoms with van der Waals surface area (Å²) in [5.41, 5.74) is 1.15. The molecule has 1 N–H and O–H groups in total. The van der Waals surface area contributed by atoms with Gasteiger partial charge in [0.25, 0.3) is 0 Å². The van der Waals surface area contributed by atoms with Crippen molar-refractivity contribution in [3.05, 3.63) is 58.6 Å². The Bertz CT molecular complexity index is 376. The second-order valence-corrected chi connectivity index (χ2v) is 4.73. The molecular formula is C13H15BrClN. The number of hydrogen-bond donors (Lipinski definition) is 1. The Balaban J connectivity index is 2.94. The van der Waals surface area contributed by atoms with Crippen LogP contribution in [0.5, 0.6) is 0 Å². The zero-order valence-corrected chi connectivity index (χ0v) is 11.4. The molecule has 0 unspecified atom stereocenters. The maximum atomic E-state index is 6.00. The molecular weight excluding hydrogens is 286 g/mol. The largest absolute Gasteiger partial charge is 0.306 e. The van der Waals surface area contributed by atoms with E-state index in [2.05, 4.69) is 34.4 Å². The molecule has 3 heteroatoms. The monoisotopic (exact) mass is 299 g/mol. The highest BCUT2D eigenvalue weighted by Crippen LogP contribution is 2.28. The van der Waals surface area contributed by atoms with Gasteiger partial charge in [0, 0.05) is 22.1 Å². The van der Waals surface area contributed by atoms with Gasteiger partial charge in [-0.3, -0.25) is 0 Å². The molecule has 0 saturated heterocycles. The smallest absolute Gasteiger partial charge is 0.0410 e. The van der Waals surface area contributed by atoms with Crippen molar-refractivity contribution in [3.63, 3.8) is 0 Å². The first kappa shape index (κ1) is 13.5. The minimum atomic E-state index is 0.212. The molecule has 1 aromatic carbocycles. The molecule has 86 valence electrons. The van der Waals surface area contributed by atoms with Crippen LogP contribution in [0.3, 0.4) is 0 Å². The molecule has 1 atom stereocenters. The molecule has 1 aromatic rings. The van der Waals surface area contributed by atoms with Gasteiger partial charge in [0.1, 0.15) is 0 Å². The van der Waals surface area contributed by atoms with E-state index >= 15 is 0 Å². The van der Waals surface area contributed by atoms with Crippen LogP contribution >= 0.6 is 27.5 Å². The Kier molecular flexibility index (Phi) is 5.81. The fourth-order valence-electron chi connectivity index (χ4n) is 1.49. The molecule has 1 rings (SSSR count). The number of halogens is 2. The second-order valence-electron chi connectivity index (χ2n) is 3.44. The molecule has 1 nitrogen and oxygen atoms in total. The fraction of sp³-hybridized carbons (Fsp3) is 0.231. The van der Waals surface area contributed by atoms with E-state index in [1.165, 1.54) is 0 Å². The van der Waals surface area contributed by atoms with E-state index in [1.54, 1.807) is 0 Å². The van der Waals surface area contributed by atoms with Crippen molar-refractivity contribution in [2.24, 2.45) is 0 Å². The Labute approximate surface area is 110 Å². The van der Waals surface area contributed by atoms with Gasteiger partial charge in [-0.1, -0.05) is 39.7 Å². The summed E-state index contributed by atoms with van der Waals surface area (Å²) >= 11 is 9.53. The Hall–Kier alpha value is -0.570. The second kappa shape index (κ2) is 6.89. The lowest BCUT2D eigenvalue weighted by Crippen LogP contribution is -2.21. The number of hydrogen-bond acceptors (Lipinski definition) is 1. The first-order valence-corrected chi connectivity index (χ1v) is 6.26. The van der Waals surface area contributed by atoms with Gasteiger partial charge in [0.2, 0.25) is 0 Å². The molecule has 16 heavy (non-hydrogen) atoms. The standard InChI is InChI=1S/C13H15BrClN/c1-3-5-13(16-8-4-2)11-9-10(15)6-7-12(11)14/h3-4,6-7,9,13,16H,1-2,5,8H2/t13-/m1/s1. The Morgan fingerprint density at radius 3 is 2.75 bits per heavy atom. The van der Waals surface area contributed by atoms with Crippen molar-refractivity contribution >= 4 is 27.5 Å². The summed E-state index contributed by atoms with van der Waals surface area (Å²) in [4.78, 5) is 0. The lowest BCUT2D eigenvalue weighted by molar-refractivity contribution is 0.573. The first-order valence-electron chi connectivity index (χ1n) is 5.09. The van der Waals surface area contributed by atoms with E-state index in [0.717, 1.165) is 28.0 Å². The quantitative estimate of drug-likeness (QED) is 0.763. The molecule has 0 fully saturated rings. The van der Waals surface area contributed by atoms with Crippen molar-refractivity contribution in [2.75, 3.05) is 6.54 Å². The molecule has 0 radical (unpaired) electrons. The predicted molar refractivity (Wildman–Crippen MR) is 74.9 cm³/mol. The summed E-state index contributed by atoms with van der Waals surface area (Å²) in [6, 6.07) is 6.01. The Morgan fingerprint density at radius 1 is 1.38 bits per heavy atom. The summed E-state index contributed by atoms with van der Waals surface area (Å²) in [6.07, 6.45) is 4.59. The normalized spacial score (nSPS) is 12.1. The summed E-state index contributed by atoms with van der Waals surface area (Å²) in [5, 5.41) is 4.12. The first-order chi connectivity index (χ1) is 7.69. The summed E-state index contributed by atoms with van der Waals surface area (Å²) < 4.78 is 1.06. The van der Waals surface area contributed by atoms with E-state index in [4.69, 9.17) is 11.6 Å². The Morgan fingerprint density at radius 2 is 2.12 bits per heavy atom. The minimum Gasteiger partial charge on any atom is -0.306 e. The molecule has 0 heterocycles. The van der Waals surface area contributed by atoms with Crippen LogP contribution in [0.25, 0.3) is 0 Å². The van der Waals surface area contributed by atoms with Crippen molar-refractivity contribution in [3.8, 4) is 0 Å². The van der Waals surface area contributed by atoms with Crippen LogP contribution in [-0.2, 0) is 0 Å². The third-order valence-electron chi connectivity index (χ3n) is 2.24. The maximum absolute atomic E-state index is 6.00. The van der Waals surface area contributed by atoms with Crippen LogP contribution in [0, 0.1) is 0 Å². The van der Waals surface area contributed by atoms with E-state index in [0.29, 0.717) is 0 Å². The van der Waals surface area contributed by atoms with Crippen LogP contribution in [-0.4, -0.2) is 6.54 Å². The molecule has 0 aliphatic heterocycles. The van der Waals surface area contributed by atoms with Gasteiger partial charge in [0.05, 0.1) is 0 Å². The van der Waals surface area contributed by atoms with Gasteiger partial charge in [-0.25, -0.2) is 0 Å². The number of benzene rings is 1. The van der Waals surface area contributed by atoms with Gasteiger partial charge in [-0.15, -0.1) is 13.2 Å². The molecule has 0 spiro atoms. The number of rotatable bonds is 6. The van der Waals surface area contributed by atoms with E-state index in [-0.39, 0.29) is 6.04 Å². The van der Waals surface area contributed by atoms with Crippen LogP contribution in [0.1, 0.15) is 18.0 Å². The SMILES string of the molecule is C=CCN[C@H](CC=C)c1cc(Cl)ccc1Br. The van der Waals surface area contributed by atoms with Crippen molar-refractivity contribution in [1.82, 2.24) is 5.32 Å². The van der Waals surface area contributed by atoms with Crippen LogP contribution in [0.4, 0.5) is 0 Å². The van der Waals surface area contributed by atoms with Gasteiger partial charge < -0.3 is 5.32 Å². The molecule has 0 aromatic heterocycles. The van der Waals surface area contributed by atoms with Crippen LogP contribution < -0.4 is 5.32 Å². The van der Waals surface area contributed by atoms with E-state index in [9.17, 15) is 0 Å².